The van der Waals surface area contributed by atoms with Crippen LogP contribution in [0.15, 0.2) is 54.9 Å². The van der Waals surface area contributed by atoms with Crippen molar-refractivity contribution in [3.05, 3.63) is 66.3 Å². The second kappa shape index (κ2) is 5.97. The highest BCUT2D eigenvalue weighted by Gasteiger charge is 2.24. The van der Waals surface area contributed by atoms with E-state index in [-0.39, 0.29) is 11.4 Å². The molecule has 0 N–H and O–H groups in total. The van der Waals surface area contributed by atoms with Gasteiger partial charge in [-0.2, -0.15) is 0 Å². The van der Waals surface area contributed by atoms with Crippen molar-refractivity contribution in [1.82, 2.24) is 9.55 Å². The maximum Gasteiger partial charge on any atom is 0.335 e. The lowest BCUT2D eigenvalue weighted by atomic mass is 9.99. The first-order valence-corrected chi connectivity index (χ1v) is 5.99. The third kappa shape index (κ3) is 2.51. The van der Waals surface area contributed by atoms with Crippen molar-refractivity contribution in [3.63, 3.8) is 0 Å². The smallest absolute Gasteiger partial charge is 0.335 e. The maximum absolute atomic E-state index is 11.8. The number of nitrogens with zero attached hydrogens (tertiary/aromatic N) is 2. The molecule has 0 aliphatic carbocycles. The van der Waals surface area contributed by atoms with Gasteiger partial charge in [0.2, 0.25) is 0 Å². The largest absolute Gasteiger partial charge is 0.466 e. The molecular weight excluding hydrogens is 256 g/mol. The molecule has 1 aromatic heterocycles. The molecule has 0 saturated carbocycles. The van der Waals surface area contributed by atoms with Gasteiger partial charge in [0, 0.05) is 12.4 Å². The molecule has 0 spiro atoms. The van der Waals surface area contributed by atoms with Gasteiger partial charge in [0.05, 0.1) is 18.7 Å². The van der Waals surface area contributed by atoms with E-state index in [0.717, 1.165) is 5.56 Å². The Labute approximate surface area is 116 Å². The third-order valence-corrected chi connectivity index (χ3v) is 2.98. The van der Waals surface area contributed by atoms with Crippen LogP contribution in [0.3, 0.4) is 0 Å². The Hall–Kier alpha value is -2.69. The zero-order chi connectivity index (χ0) is 14.5. The lowest BCUT2D eigenvalue weighted by Gasteiger charge is -2.21. The number of carbonyl (C=O) groups is 2. The summed E-state index contributed by atoms with van der Waals surface area (Å²) in [4.78, 5) is 26.8. The number of rotatable bonds is 5. The van der Waals surface area contributed by atoms with Crippen molar-refractivity contribution in [2.45, 2.75) is 6.04 Å². The van der Waals surface area contributed by atoms with Gasteiger partial charge in [0.25, 0.3) is 0 Å². The SMILES string of the molecule is C=C(C(=O)OC)C(c1ccccc1)n1ccnc1C=O. The Morgan fingerprint density at radius 3 is 2.70 bits per heavy atom. The minimum absolute atomic E-state index is 0.226. The molecule has 2 rings (SSSR count). The second-order valence-electron chi connectivity index (χ2n) is 4.14. The van der Waals surface area contributed by atoms with Crippen molar-refractivity contribution in [3.8, 4) is 0 Å². The molecule has 0 saturated heterocycles. The van der Waals surface area contributed by atoms with Crippen LogP contribution in [0.5, 0.6) is 0 Å². The van der Waals surface area contributed by atoms with Crippen LogP contribution < -0.4 is 0 Å². The number of hydrogen-bond acceptors (Lipinski definition) is 4. The maximum atomic E-state index is 11.8. The van der Waals surface area contributed by atoms with E-state index in [0.29, 0.717) is 6.29 Å². The van der Waals surface area contributed by atoms with Gasteiger partial charge in [-0.05, 0) is 5.56 Å². The van der Waals surface area contributed by atoms with E-state index in [9.17, 15) is 9.59 Å². The summed E-state index contributed by atoms with van der Waals surface area (Å²) < 4.78 is 6.32. The Bertz CT molecular complexity index is 632. The van der Waals surface area contributed by atoms with Crippen LogP contribution in [0, 0.1) is 0 Å². The van der Waals surface area contributed by atoms with Crippen molar-refractivity contribution >= 4 is 12.3 Å². The standard InChI is InChI=1S/C15H14N2O3/c1-11(15(19)20-2)14(12-6-4-3-5-7-12)17-9-8-16-13(17)10-18/h3-10,14H,1H2,2H3. The molecule has 0 aliphatic heterocycles. The fourth-order valence-corrected chi connectivity index (χ4v) is 2.04. The summed E-state index contributed by atoms with van der Waals surface area (Å²) in [5.41, 5.74) is 1.06. The molecular formula is C15H14N2O3. The van der Waals surface area contributed by atoms with Gasteiger partial charge in [-0.25, -0.2) is 9.78 Å². The van der Waals surface area contributed by atoms with Gasteiger partial charge in [-0.15, -0.1) is 0 Å². The van der Waals surface area contributed by atoms with Crippen LogP contribution in [0.1, 0.15) is 22.2 Å². The van der Waals surface area contributed by atoms with Gasteiger partial charge in [0.15, 0.2) is 12.1 Å². The normalized spacial score (nSPS) is 11.7. The summed E-state index contributed by atoms with van der Waals surface area (Å²) in [6.45, 7) is 3.79. The van der Waals surface area contributed by atoms with Crippen LogP contribution in [0.2, 0.25) is 0 Å². The van der Waals surface area contributed by atoms with Crippen molar-refractivity contribution in [1.29, 1.82) is 0 Å². The monoisotopic (exact) mass is 270 g/mol. The Morgan fingerprint density at radius 1 is 1.40 bits per heavy atom. The summed E-state index contributed by atoms with van der Waals surface area (Å²) in [5, 5.41) is 0. The molecule has 1 aromatic carbocycles. The highest BCUT2D eigenvalue weighted by Crippen LogP contribution is 2.27. The molecule has 20 heavy (non-hydrogen) atoms. The first kappa shape index (κ1) is 13.7. The van der Waals surface area contributed by atoms with Gasteiger partial charge in [0.1, 0.15) is 0 Å². The van der Waals surface area contributed by atoms with Crippen molar-refractivity contribution in [2.75, 3.05) is 7.11 Å². The summed E-state index contributed by atoms with van der Waals surface area (Å²) in [7, 11) is 1.30. The zero-order valence-corrected chi connectivity index (χ0v) is 11.0. The van der Waals surface area contributed by atoms with E-state index in [4.69, 9.17) is 4.74 Å². The average molecular weight is 270 g/mol. The summed E-state index contributed by atoms with van der Waals surface area (Å²) in [6, 6.07) is 8.76. The van der Waals surface area contributed by atoms with E-state index < -0.39 is 12.0 Å². The van der Waals surface area contributed by atoms with Gasteiger partial charge in [-0.1, -0.05) is 36.9 Å². The molecule has 0 bridgehead atoms. The van der Waals surface area contributed by atoms with Crippen molar-refractivity contribution < 1.29 is 14.3 Å². The van der Waals surface area contributed by atoms with Crippen molar-refractivity contribution in [2.24, 2.45) is 0 Å². The molecule has 0 radical (unpaired) electrons. The molecule has 0 aliphatic rings. The molecule has 1 atom stereocenters. The molecule has 102 valence electrons. The molecule has 1 unspecified atom stereocenters. The van der Waals surface area contributed by atoms with Gasteiger partial charge in [-0.3, -0.25) is 4.79 Å². The second-order valence-corrected chi connectivity index (χ2v) is 4.14. The first-order chi connectivity index (χ1) is 9.69. The molecule has 0 fully saturated rings. The van der Waals surface area contributed by atoms with Crippen LogP contribution in [-0.2, 0) is 9.53 Å². The van der Waals surface area contributed by atoms with Crippen LogP contribution >= 0.6 is 0 Å². The minimum atomic E-state index is -0.524. The highest BCUT2D eigenvalue weighted by atomic mass is 16.5. The highest BCUT2D eigenvalue weighted by molar-refractivity contribution is 5.89. The average Bonchev–Trinajstić information content (AvgIpc) is 2.96. The lowest BCUT2D eigenvalue weighted by molar-refractivity contribution is -0.136. The number of benzene rings is 1. The van der Waals surface area contributed by atoms with Crippen LogP contribution in [0.25, 0.3) is 0 Å². The number of methoxy groups -OCH3 is 1. The number of ether oxygens (including phenoxy) is 1. The fraction of sp³-hybridized carbons (Fsp3) is 0.133. The molecule has 1 heterocycles. The molecule has 5 heteroatoms. The fourth-order valence-electron chi connectivity index (χ4n) is 2.04. The predicted molar refractivity (Wildman–Crippen MR) is 73.4 cm³/mol. The molecule has 5 nitrogen and oxygen atoms in total. The topological polar surface area (TPSA) is 61.2 Å². The molecule has 0 amide bonds. The Kier molecular flexibility index (Phi) is 4.10. The number of aromatic nitrogens is 2. The Balaban J connectivity index is 2.53. The Morgan fingerprint density at radius 2 is 2.10 bits per heavy atom. The number of hydrogen-bond donors (Lipinski definition) is 0. The van der Waals surface area contributed by atoms with E-state index in [1.54, 1.807) is 10.8 Å². The number of aldehydes is 1. The minimum Gasteiger partial charge on any atom is -0.466 e. The van der Waals surface area contributed by atoms with E-state index in [1.807, 2.05) is 30.3 Å². The van der Waals surface area contributed by atoms with Gasteiger partial charge >= 0.3 is 5.97 Å². The third-order valence-electron chi connectivity index (χ3n) is 2.98. The summed E-state index contributed by atoms with van der Waals surface area (Å²) in [6.07, 6.45) is 3.78. The van der Waals surface area contributed by atoms with Crippen LogP contribution in [-0.4, -0.2) is 28.9 Å². The van der Waals surface area contributed by atoms with E-state index in [2.05, 4.69) is 11.6 Å². The number of carbonyl (C=O) groups excluding carboxylic acids is 2. The quantitative estimate of drug-likeness (QED) is 0.474. The zero-order valence-electron chi connectivity index (χ0n) is 11.0. The predicted octanol–water partition coefficient (Wildman–Crippen LogP) is 2.01. The number of esters is 1. The van der Waals surface area contributed by atoms with Gasteiger partial charge < -0.3 is 9.30 Å². The molecule has 2 aromatic rings. The summed E-state index contributed by atoms with van der Waals surface area (Å²) >= 11 is 0. The van der Waals surface area contributed by atoms with E-state index >= 15 is 0 Å². The number of imidazole rings is 1. The summed E-state index contributed by atoms with van der Waals surface area (Å²) in [5.74, 6) is -0.298. The van der Waals surface area contributed by atoms with E-state index in [1.165, 1.54) is 13.3 Å². The lowest BCUT2D eigenvalue weighted by Crippen LogP contribution is -2.20. The first-order valence-electron chi connectivity index (χ1n) is 5.99. The van der Waals surface area contributed by atoms with Crippen LogP contribution in [0.4, 0.5) is 0 Å².